The molecule has 0 aromatic carbocycles. The number of anilines is 2. The van der Waals surface area contributed by atoms with Gasteiger partial charge in [0.15, 0.2) is 5.82 Å². The number of hydrogen-bond acceptors (Lipinski definition) is 11. The Balaban J connectivity index is 1.25. The molecule has 1 atom stereocenters. The summed E-state index contributed by atoms with van der Waals surface area (Å²) in [5.74, 6) is 1.25. The molecular weight excluding hydrogens is 459 g/mol. The summed E-state index contributed by atoms with van der Waals surface area (Å²) in [5, 5.41) is 20.5. The number of nitrogens with one attached hydrogen (secondary N) is 2. The predicted molar refractivity (Wildman–Crippen MR) is 109 cm³/mol. The normalized spacial score (nSPS) is 15.0. The third-order valence-corrected chi connectivity index (χ3v) is 4.92. The Morgan fingerprint density at radius 2 is 2.09 bits per heavy atom. The molecule has 1 unspecified atom stereocenters. The van der Waals surface area contributed by atoms with Gasteiger partial charge in [0.1, 0.15) is 18.2 Å². The fourth-order valence-corrected chi connectivity index (χ4v) is 3.26. The van der Waals surface area contributed by atoms with Crippen LogP contribution in [0.5, 0.6) is 0 Å². The zero-order valence-corrected chi connectivity index (χ0v) is 17.7. The Morgan fingerprint density at radius 3 is 2.76 bits per heavy atom. The number of nitriles is 1. The van der Waals surface area contributed by atoms with Gasteiger partial charge in [-0.15, -0.1) is 0 Å². The summed E-state index contributed by atoms with van der Waals surface area (Å²) in [6.45, 7) is 2.73. The Kier molecular flexibility index (Phi) is 6.41. The first-order chi connectivity index (χ1) is 16.2. The van der Waals surface area contributed by atoms with Crippen LogP contribution in [0.1, 0.15) is 35.7 Å². The molecule has 4 rings (SSSR count). The first-order valence-corrected chi connectivity index (χ1v) is 10.0. The standard InChI is InChI=1S/C19H18F3N9O3/c1-10(27-13-5-26-29-17(32)15(13)19(20,21)22)8-33-9-14-28-16(30-34-14)12-6-31(7-12)18-24-3-11(2-23)4-25-18/h3-5,10,12H,6-9H2,1H3,(H2,27,29,32). The van der Waals surface area contributed by atoms with E-state index in [1.807, 2.05) is 11.0 Å². The summed E-state index contributed by atoms with van der Waals surface area (Å²) in [7, 11) is 0. The second-order valence-corrected chi connectivity index (χ2v) is 7.58. The van der Waals surface area contributed by atoms with Crippen LogP contribution in [0, 0.1) is 11.3 Å². The number of halogens is 3. The summed E-state index contributed by atoms with van der Waals surface area (Å²) in [5.41, 5.74) is -2.74. The molecule has 0 radical (unpaired) electrons. The fraction of sp³-hybridized carbons (Fsp3) is 0.421. The van der Waals surface area contributed by atoms with Gasteiger partial charge in [0.05, 0.1) is 42.4 Å². The average molecular weight is 477 g/mol. The molecule has 178 valence electrons. The minimum Gasteiger partial charge on any atom is -0.378 e. The van der Waals surface area contributed by atoms with Crippen LogP contribution in [0.25, 0.3) is 0 Å². The van der Waals surface area contributed by atoms with Crippen LogP contribution in [-0.2, 0) is 17.5 Å². The molecular formula is C19H18F3N9O3. The van der Waals surface area contributed by atoms with E-state index in [0.717, 1.165) is 6.20 Å². The number of ether oxygens (including phenoxy) is 1. The molecule has 1 fully saturated rings. The van der Waals surface area contributed by atoms with Gasteiger partial charge < -0.3 is 19.5 Å². The number of alkyl halides is 3. The lowest BCUT2D eigenvalue weighted by atomic mass is 10.0. The Bertz CT molecular complexity index is 1230. The minimum absolute atomic E-state index is 0.00898. The van der Waals surface area contributed by atoms with Crippen molar-refractivity contribution in [2.24, 2.45) is 0 Å². The van der Waals surface area contributed by atoms with Crippen molar-refractivity contribution in [1.82, 2.24) is 30.3 Å². The molecule has 12 nitrogen and oxygen atoms in total. The van der Waals surface area contributed by atoms with E-state index in [-0.39, 0.29) is 25.0 Å². The zero-order valence-electron chi connectivity index (χ0n) is 17.7. The smallest absolute Gasteiger partial charge is 0.378 e. The van der Waals surface area contributed by atoms with Gasteiger partial charge in [0, 0.05) is 19.1 Å². The van der Waals surface area contributed by atoms with Crippen molar-refractivity contribution in [3.8, 4) is 6.07 Å². The second kappa shape index (κ2) is 9.43. The molecule has 0 saturated carbocycles. The number of nitrogens with zero attached hydrogens (tertiary/aromatic N) is 7. The van der Waals surface area contributed by atoms with Gasteiger partial charge in [0.2, 0.25) is 5.95 Å². The minimum atomic E-state index is -4.83. The van der Waals surface area contributed by atoms with E-state index >= 15 is 0 Å². The average Bonchev–Trinajstić information content (AvgIpc) is 3.20. The molecule has 15 heteroatoms. The Morgan fingerprint density at radius 1 is 1.35 bits per heavy atom. The van der Waals surface area contributed by atoms with E-state index in [1.165, 1.54) is 12.4 Å². The SMILES string of the molecule is CC(COCc1nc(C2CN(c3ncc(C#N)cn3)C2)no1)Nc1cn[nH]c(=O)c1C(F)(F)F. The van der Waals surface area contributed by atoms with Gasteiger partial charge in [-0.05, 0) is 6.92 Å². The van der Waals surface area contributed by atoms with Crippen molar-refractivity contribution in [1.29, 1.82) is 5.26 Å². The number of H-pyrrole nitrogens is 1. The summed E-state index contributed by atoms with van der Waals surface area (Å²) in [4.78, 5) is 26.0. The first kappa shape index (κ1) is 23.1. The van der Waals surface area contributed by atoms with Gasteiger partial charge in [-0.1, -0.05) is 5.16 Å². The summed E-state index contributed by atoms with van der Waals surface area (Å²) < 4.78 is 50.0. The molecule has 2 N–H and O–H groups in total. The summed E-state index contributed by atoms with van der Waals surface area (Å²) >= 11 is 0. The largest absolute Gasteiger partial charge is 0.423 e. The van der Waals surface area contributed by atoms with Gasteiger partial charge in [-0.2, -0.15) is 28.5 Å². The quantitative estimate of drug-likeness (QED) is 0.483. The molecule has 0 amide bonds. The van der Waals surface area contributed by atoms with Crippen molar-refractivity contribution in [3.63, 3.8) is 0 Å². The van der Waals surface area contributed by atoms with Gasteiger partial charge in [-0.3, -0.25) is 4.79 Å². The van der Waals surface area contributed by atoms with Crippen LogP contribution in [0.3, 0.4) is 0 Å². The lowest BCUT2D eigenvalue weighted by molar-refractivity contribution is -0.138. The van der Waals surface area contributed by atoms with E-state index in [2.05, 4.69) is 30.5 Å². The molecule has 0 aliphatic carbocycles. The van der Waals surface area contributed by atoms with Gasteiger partial charge in [-0.25, -0.2) is 15.1 Å². The van der Waals surface area contributed by atoms with Crippen LogP contribution in [0.2, 0.25) is 0 Å². The fourth-order valence-electron chi connectivity index (χ4n) is 3.26. The van der Waals surface area contributed by atoms with Crippen molar-refractivity contribution in [2.75, 3.05) is 29.9 Å². The number of hydrogen-bond donors (Lipinski definition) is 2. The van der Waals surface area contributed by atoms with Gasteiger partial charge in [0.25, 0.3) is 11.4 Å². The molecule has 3 aromatic rings. The lowest BCUT2D eigenvalue weighted by Gasteiger charge is -2.37. The highest BCUT2D eigenvalue weighted by Crippen LogP contribution is 2.31. The number of rotatable bonds is 8. The lowest BCUT2D eigenvalue weighted by Crippen LogP contribution is -2.46. The number of aromatic amines is 1. The molecule has 0 spiro atoms. The van der Waals surface area contributed by atoms with E-state index in [4.69, 9.17) is 14.5 Å². The third-order valence-electron chi connectivity index (χ3n) is 4.92. The molecule has 4 heterocycles. The molecule has 1 saturated heterocycles. The summed E-state index contributed by atoms with van der Waals surface area (Å²) in [6, 6.07) is 1.39. The number of aromatic nitrogens is 6. The van der Waals surface area contributed by atoms with E-state index < -0.39 is 29.0 Å². The monoisotopic (exact) mass is 477 g/mol. The van der Waals surface area contributed by atoms with Crippen LogP contribution in [0.4, 0.5) is 24.8 Å². The third kappa shape index (κ3) is 5.12. The molecule has 34 heavy (non-hydrogen) atoms. The Hall–Kier alpha value is -4.06. The van der Waals surface area contributed by atoms with Crippen molar-refractivity contribution >= 4 is 11.6 Å². The highest BCUT2D eigenvalue weighted by atomic mass is 19.4. The molecule has 3 aromatic heterocycles. The van der Waals surface area contributed by atoms with E-state index in [0.29, 0.717) is 30.4 Å². The van der Waals surface area contributed by atoms with Crippen molar-refractivity contribution < 1.29 is 22.4 Å². The van der Waals surface area contributed by atoms with Crippen LogP contribution in [0.15, 0.2) is 27.9 Å². The van der Waals surface area contributed by atoms with E-state index in [1.54, 1.807) is 12.0 Å². The zero-order chi connectivity index (χ0) is 24.3. The van der Waals surface area contributed by atoms with E-state index in [9.17, 15) is 18.0 Å². The maximum atomic E-state index is 13.1. The Labute approximate surface area is 189 Å². The maximum Gasteiger partial charge on any atom is 0.423 e. The topological polar surface area (TPSA) is 159 Å². The maximum absolute atomic E-state index is 13.1. The predicted octanol–water partition coefficient (Wildman–Crippen LogP) is 1.45. The van der Waals surface area contributed by atoms with Crippen LogP contribution in [-0.4, -0.2) is 56.0 Å². The summed E-state index contributed by atoms with van der Waals surface area (Å²) in [6.07, 6.45) is -1.03. The molecule has 1 aliphatic heterocycles. The van der Waals surface area contributed by atoms with Crippen molar-refractivity contribution in [3.05, 3.63) is 51.8 Å². The van der Waals surface area contributed by atoms with Crippen LogP contribution >= 0.6 is 0 Å². The van der Waals surface area contributed by atoms with Crippen LogP contribution < -0.4 is 15.8 Å². The highest BCUT2D eigenvalue weighted by molar-refractivity contribution is 5.50. The first-order valence-electron chi connectivity index (χ1n) is 10.0. The molecule has 1 aliphatic rings. The second-order valence-electron chi connectivity index (χ2n) is 7.58. The van der Waals surface area contributed by atoms with Crippen molar-refractivity contribution in [2.45, 2.75) is 31.7 Å². The highest BCUT2D eigenvalue weighted by Gasteiger charge is 2.37. The van der Waals surface area contributed by atoms with Gasteiger partial charge >= 0.3 is 6.18 Å². The molecule has 0 bridgehead atoms.